The SMILES string of the molecule is C=CC[C@@H](N)c1cc(I)ccc1F. The van der Waals surface area contributed by atoms with E-state index in [9.17, 15) is 4.39 Å². The highest BCUT2D eigenvalue weighted by molar-refractivity contribution is 14.1. The van der Waals surface area contributed by atoms with E-state index in [1.54, 1.807) is 18.2 Å². The second-order valence-corrected chi connectivity index (χ2v) is 4.04. The molecule has 0 bridgehead atoms. The molecule has 0 saturated carbocycles. The van der Waals surface area contributed by atoms with Crippen molar-refractivity contribution >= 4 is 22.6 Å². The predicted octanol–water partition coefficient (Wildman–Crippen LogP) is 3.01. The summed E-state index contributed by atoms with van der Waals surface area (Å²) in [6.45, 7) is 3.57. The van der Waals surface area contributed by atoms with Gasteiger partial charge in [0.2, 0.25) is 0 Å². The van der Waals surface area contributed by atoms with Crippen LogP contribution < -0.4 is 5.73 Å². The molecule has 0 radical (unpaired) electrons. The molecule has 0 fully saturated rings. The minimum absolute atomic E-state index is 0.241. The quantitative estimate of drug-likeness (QED) is 0.672. The molecule has 0 amide bonds. The standard InChI is InChI=1S/C10H11FIN/c1-2-3-10(13)8-6-7(12)4-5-9(8)11/h2,4-6,10H,1,3,13H2/t10-/m1/s1. The van der Waals surface area contributed by atoms with Crippen molar-refractivity contribution in [3.05, 3.63) is 45.8 Å². The maximum Gasteiger partial charge on any atom is 0.128 e. The Morgan fingerprint density at radius 3 is 2.92 bits per heavy atom. The smallest absolute Gasteiger partial charge is 0.128 e. The van der Waals surface area contributed by atoms with E-state index in [1.807, 2.05) is 0 Å². The molecule has 0 spiro atoms. The van der Waals surface area contributed by atoms with Gasteiger partial charge in [0.15, 0.2) is 0 Å². The number of hydrogen-bond donors (Lipinski definition) is 1. The summed E-state index contributed by atoms with van der Waals surface area (Å²) in [5.74, 6) is -0.241. The zero-order valence-electron chi connectivity index (χ0n) is 7.13. The molecule has 3 heteroatoms. The van der Waals surface area contributed by atoms with Gasteiger partial charge in [0, 0.05) is 15.2 Å². The van der Waals surface area contributed by atoms with Gasteiger partial charge in [-0.2, -0.15) is 0 Å². The minimum Gasteiger partial charge on any atom is -0.324 e. The molecule has 13 heavy (non-hydrogen) atoms. The molecule has 0 aromatic heterocycles. The molecule has 70 valence electrons. The van der Waals surface area contributed by atoms with Crippen LogP contribution in [0.1, 0.15) is 18.0 Å². The highest BCUT2D eigenvalue weighted by Gasteiger charge is 2.09. The highest BCUT2D eigenvalue weighted by atomic mass is 127. The van der Waals surface area contributed by atoms with Crippen molar-refractivity contribution < 1.29 is 4.39 Å². The number of hydrogen-bond acceptors (Lipinski definition) is 1. The lowest BCUT2D eigenvalue weighted by molar-refractivity contribution is 0.583. The van der Waals surface area contributed by atoms with Gasteiger partial charge >= 0.3 is 0 Å². The van der Waals surface area contributed by atoms with Crippen LogP contribution in [0.15, 0.2) is 30.9 Å². The van der Waals surface area contributed by atoms with Gasteiger partial charge < -0.3 is 5.73 Å². The number of halogens is 2. The topological polar surface area (TPSA) is 26.0 Å². The van der Waals surface area contributed by atoms with Crippen molar-refractivity contribution in [2.75, 3.05) is 0 Å². The van der Waals surface area contributed by atoms with E-state index < -0.39 is 0 Å². The Kier molecular flexibility index (Phi) is 3.87. The van der Waals surface area contributed by atoms with Gasteiger partial charge in [0.05, 0.1) is 0 Å². The first-order valence-electron chi connectivity index (χ1n) is 3.96. The molecule has 0 saturated heterocycles. The first-order valence-corrected chi connectivity index (χ1v) is 5.04. The predicted molar refractivity (Wildman–Crippen MR) is 60.9 cm³/mol. The van der Waals surface area contributed by atoms with Gasteiger partial charge in [-0.15, -0.1) is 6.58 Å². The Morgan fingerprint density at radius 1 is 1.62 bits per heavy atom. The van der Waals surface area contributed by atoms with Crippen LogP contribution in [0.2, 0.25) is 0 Å². The number of rotatable bonds is 3. The molecule has 0 aliphatic carbocycles. The molecule has 1 aromatic rings. The fourth-order valence-corrected chi connectivity index (χ4v) is 1.62. The molecule has 2 N–H and O–H groups in total. The lowest BCUT2D eigenvalue weighted by Crippen LogP contribution is -2.11. The zero-order valence-corrected chi connectivity index (χ0v) is 9.29. The van der Waals surface area contributed by atoms with Crippen LogP contribution in [0.4, 0.5) is 4.39 Å². The Labute approximate surface area is 91.0 Å². The van der Waals surface area contributed by atoms with Crippen LogP contribution in [0.5, 0.6) is 0 Å². The third-order valence-electron chi connectivity index (χ3n) is 1.78. The molecule has 0 aliphatic rings. The zero-order chi connectivity index (χ0) is 9.84. The normalized spacial score (nSPS) is 12.5. The lowest BCUT2D eigenvalue weighted by Gasteiger charge is -2.10. The number of benzene rings is 1. The van der Waals surface area contributed by atoms with Crippen molar-refractivity contribution in [3.8, 4) is 0 Å². The average Bonchev–Trinajstić information content (AvgIpc) is 2.09. The van der Waals surface area contributed by atoms with E-state index in [-0.39, 0.29) is 11.9 Å². The molecule has 0 aliphatic heterocycles. The molecule has 0 unspecified atom stereocenters. The third kappa shape index (κ3) is 2.77. The monoisotopic (exact) mass is 291 g/mol. The maximum absolute atomic E-state index is 13.2. The van der Waals surface area contributed by atoms with E-state index >= 15 is 0 Å². The summed E-state index contributed by atoms with van der Waals surface area (Å²) in [6, 6.07) is 4.65. The molecule has 1 aromatic carbocycles. The maximum atomic E-state index is 13.2. The third-order valence-corrected chi connectivity index (χ3v) is 2.45. The van der Waals surface area contributed by atoms with E-state index in [0.29, 0.717) is 12.0 Å². The molecular weight excluding hydrogens is 280 g/mol. The van der Waals surface area contributed by atoms with E-state index in [0.717, 1.165) is 3.57 Å². The molecule has 0 heterocycles. The summed E-state index contributed by atoms with van der Waals surface area (Å²) in [5.41, 5.74) is 6.32. The Balaban J connectivity index is 2.97. The van der Waals surface area contributed by atoms with E-state index in [1.165, 1.54) is 6.07 Å². The Hall–Kier alpha value is -0.420. The van der Waals surface area contributed by atoms with Crippen LogP contribution in [0.3, 0.4) is 0 Å². The van der Waals surface area contributed by atoms with Gasteiger partial charge in [-0.05, 0) is 47.2 Å². The lowest BCUT2D eigenvalue weighted by atomic mass is 10.0. The second kappa shape index (κ2) is 4.72. The van der Waals surface area contributed by atoms with Crippen LogP contribution in [-0.4, -0.2) is 0 Å². The van der Waals surface area contributed by atoms with E-state index in [2.05, 4.69) is 29.2 Å². The van der Waals surface area contributed by atoms with Gasteiger partial charge in [-0.3, -0.25) is 0 Å². The largest absolute Gasteiger partial charge is 0.324 e. The van der Waals surface area contributed by atoms with Gasteiger partial charge in [0.25, 0.3) is 0 Å². The fraction of sp³-hybridized carbons (Fsp3) is 0.200. The second-order valence-electron chi connectivity index (χ2n) is 2.80. The minimum atomic E-state index is -0.285. The molecule has 1 rings (SSSR count). The van der Waals surface area contributed by atoms with Crippen LogP contribution in [0, 0.1) is 9.39 Å². The Bertz CT molecular complexity index is 312. The van der Waals surface area contributed by atoms with Crippen LogP contribution in [0.25, 0.3) is 0 Å². The summed E-state index contributed by atoms with van der Waals surface area (Å²) in [5, 5.41) is 0. The first kappa shape index (κ1) is 10.7. The summed E-state index contributed by atoms with van der Waals surface area (Å²) < 4.78 is 14.2. The highest BCUT2D eigenvalue weighted by Crippen LogP contribution is 2.20. The number of nitrogens with two attached hydrogens (primary N) is 1. The average molecular weight is 291 g/mol. The molecule has 1 atom stereocenters. The Morgan fingerprint density at radius 2 is 2.31 bits per heavy atom. The van der Waals surface area contributed by atoms with Crippen molar-refractivity contribution in [3.63, 3.8) is 0 Å². The summed E-state index contributed by atoms with van der Waals surface area (Å²) in [7, 11) is 0. The summed E-state index contributed by atoms with van der Waals surface area (Å²) in [4.78, 5) is 0. The first-order chi connectivity index (χ1) is 6.15. The van der Waals surface area contributed by atoms with Crippen molar-refractivity contribution in [1.29, 1.82) is 0 Å². The van der Waals surface area contributed by atoms with Gasteiger partial charge in [-0.25, -0.2) is 4.39 Å². The van der Waals surface area contributed by atoms with Crippen LogP contribution >= 0.6 is 22.6 Å². The fourth-order valence-electron chi connectivity index (χ4n) is 1.11. The molecule has 1 nitrogen and oxygen atoms in total. The summed E-state index contributed by atoms with van der Waals surface area (Å²) in [6.07, 6.45) is 2.29. The van der Waals surface area contributed by atoms with E-state index in [4.69, 9.17) is 5.73 Å². The van der Waals surface area contributed by atoms with Crippen molar-refractivity contribution in [2.24, 2.45) is 5.73 Å². The van der Waals surface area contributed by atoms with Gasteiger partial charge in [0.1, 0.15) is 5.82 Å². The molecular formula is C10H11FIN. The van der Waals surface area contributed by atoms with Crippen molar-refractivity contribution in [2.45, 2.75) is 12.5 Å². The van der Waals surface area contributed by atoms with Gasteiger partial charge in [-0.1, -0.05) is 6.08 Å². The van der Waals surface area contributed by atoms with Crippen molar-refractivity contribution in [1.82, 2.24) is 0 Å². The summed E-state index contributed by atoms with van der Waals surface area (Å²) >= 11 is 2.14. The van der Waals surface area contributed by atoms with Crippen LogP contribution in [-0.2, 0) is 0 Å².